The van der Waals surface area contributed by atoms with Crippen LogP contribution in [0.15, 0.2) is 30.3 Å². The fourth-order valence-electron chi connectivity index (χ4n) is 2.14. The van der Waals surface area contributed by atoms with Crippen LogP contribution in [-0.2, 0) is 11.3 Å². The van der Waals surface area contributed by atoms with E-state index in [1.165, 1.54) is 25.7 Å². The molecule has 1 aliphatic rings. The molecule has 1 aliphatic carbocycles. The number of carbonyl (C=O) groups excluding carboxylic acids is 1. The summed E-state index contributed by atoms with van der Waals surface area (Å²) in [7, 11) is 0. The van der Waals surface area contributed by atoms with Crippen LogP contribution < -0.4 is 5.32 Å². The minimum Gasteiger partial charge on any atom is -0.445 e. The van der Waals surface area contributed by atoms with Crippen molar-refractivity contribution < 1.29 is 9.53 Å². The summed E-state index contributed by atoms with van der Waals surface area (Å²) in [5, 5.41) is 2.80. The summed E-state index contributed by atoms with van der Waals surface area (Å²) in [6, 6.07) is 9.72. The molecule has 0 unspecified atom stereocenters. The van der Waals surface area contributed by atoms with Gasteiger partial charge in [-0.15, -0.1) is 0 Å². The lowest BCUT2D eigenvalue weighted by molar-refractivity contribution is 0.139. The quantitative estimate of drug-likeness (QED) is 0.781. The van der Waals surface area contributed by atoms with E-state index >= 15 is 0 Å². The predicted molar refractivity (Wildman–Crippen MR) is 71.2 cm³/mol. The summed E-state index contributed by atoms with van der Waals surface area (Å²) in [5.41, 5.74) is 1.02. The molecular formula is C15H21NO2. The van der Waals surface area contributed by atoms with Gasteiger partial charge in [0, 0.05) is 6.54 Å². The summed E-state index contributed by atoms with van der Waals surface area (Å²) in [5.74, 6) is 0.909. The van der Waals surface area contributed by atoms with Crippen molar-refractivity contribution in [2.24, 2.45) is 5.92 Å². The molecule has 1 N–H and O–H groups in total. The SMILES string of the molecule is O=C(NCCCC1CCC1)OCc1ccccc1. The first-order valence-electron chi connectivity index (χ1n) is 6.79. The molecule has 3 heteroatoms. The van der Waals surface area contributed by atoms with Gasteiger partial charge in [-0.3, -0.25) is 0 Å². The molecule has 1 aromatic carbocycles. The Balaban J connectivity index is 1.52. The Kier molecular flexibility index (Phi) is 5.06. The van der Waals surface area contributed by atoms with E-state index < -0.39 is 0 Å². The maximum atomic E-state index is 11.4. The number of alkyl carbamates (subject to hydrolysis) is 1. The molecule has 18 heavy (non-hydrogen) atoms. The first kappa shape index (κ1) is 12.9. The second-order valence-corrected chi connectivity index (χ2v) is 4.93. The smallest absolute Gasteiger partial charge is 0.407 e. The number of ether oxygens (including phenoxy) is 1. The van der Waals surface area contributed by atoms with Crippen molar-refractivity contribution in [3.63, 3.8) is 0 Å². The van der Waals surface area contributed by atoms with Crippen LogP contribution >= 0.6 is 0 Å². The number of rotatable bonds is 6. The van der Waals surface area contributed by atoms with E-state index in [4.69, 9.17) is 4.74 Å². The highest BCUT2D eigenvalue weighted by molar-refractivity contribution is 5.67. The average molecular weight is 247 g/mol. The highest BCUT2D eigenvalue weighted by atomic mass is 16.5. The minimum absolute atomic E-state index is 0.313. The van der Waals surface area contributed by atoms with E-state index in [-0.39, 0.29) is 6.09 Å². The Morgan fingerprint density at radius 3 is 2.72 bits per heavy atom. The summed E-state index contributed by atoms with van der Waals surface area (Å²) >= 11 is 0. The van der Waals surface area contributed by atoms with Gasteiger partial charge >= 0.3 is 6.09 Å². The Morgan fingerprint density at radius 1 is 1.28 bits per heavy atom. The lowest BCUT2D eigenvalue weighted by Crippen LogP contribution is -2.26. The molecular weight excluding hydrogens is 226 g/mol. The van der Waals surface area contributed by atoms with Crippen LogP contribution in [0.4, 0.5) is 4.79 Å². The molecule has 0 saturated heterocycles. The van der Waals surface area contributed by atoms with Gasteiger partial charge in [0.2, 0.25) is 0 Å². The summed E-state index contributed by atoms with van der Waals surface area (Å²) in [6.45, 7) is 1.07. The normalized spacial score (nSPS) is 14.9. The van der Waals surface area contributed by atoms with E-state index in [9.17, 15) is 4.79 Å². The number of hydrogen-bond acceptors (Lipinski definition) is 2. The lowest BCUT2D eigenvalue weighted by Gasteiger charge is -2.24. The molecule has 0 aliphatic heterocycles. The van der Waals surface area contributed by atoms with E-state index in [0.717, 1.165) is 24.4 Å². The fraction of sp³-hybridized carbons (Fsp3) is 0.533. The monoisotopic (exact) mass is 247 g/mol. The first-order valence-corrected chi connectivity index (χ1v) is 6.79. The first-order chi connectivity index (χ1) is 8.84. The molecule has 1 aromatic rings. The van der Waals surface area contributed by atoms with Gasteiger partial charge in [-0.25, -0.2) is 4.79 Å². The Morgan fingerprint density at radius 2 is 2.06 bits per heavy atom. The topological polar surface area (TPSA) is 38.3 Å². The molecule has 1 amide bonds. The molecule has 1 saturated carbocycles. The largest absolute Gasteiger partial charge is 0.445 e. The minimum atomic E-state index is -0.313. The number of amides is 1. The van der Waals surface area contributed by atoms with Gasteiger partial charge in [-0.05, 0) is 24.3 Å². The van der Waals surface area contributed by atoms with Crippen LogP contribution in [0, 0.1) is 5.92 Å². The van der Waals surface area contributed by atoms with Crippen molar-refractivity contribution in [2.45, 2.75) is 38.7 Å². The highest BCUT2D eigenvalue weighted by Gasteiger charge is 2.16. The number of hydrogen-bond donors (Lipinski definition) is 1. The van der Waals surface area contributed by atoms with Crippen molar-refractivity contribution >= 4 is 6.09 Å². The molecule has 0 heterocycles. The third-order valence-electron chi connectivity index (χ3n) is 3.50. The van der Waals surface area contributed by atoms with Crippen molar-refractivity contribution in [2.75, 3.05) is 6.54 Å². The molecule has 0 atom stereocenters. The van der Waals surface area contributed by atoms with E-state index in [1.807, 2.05) is 30.3 Å². The molecule has 2 rings (SSSR count). The molecule has 1 fully saturated rings. The van der Waals surface area contributed by atoms with Gasteiger partial charge in [0.05, 0.1) is 0 Å². The summed E-state index contributed by atoms with van der Waals surface area (Å²) in [4.78, 5) is 11.4. The molecule has 0 spiro atoms. The zero-order valence-electron chi connectivity index (χ0n) is 10.7. The number of carbonyl (C=O) groups is 1. The second kappa shape index (κ2) is 7.04. The number of nitrogens with one attached hydrogen (secondary N) is 1. The van der Waals surface area contributed by atoms with Gasteiger partial charge in [0.15, 0.2) is 0 Å². The lowest BCUT2D eigenvalue weighted by atomic mass is 9.82. The summed E-state index contributed by atoms with van der Waals surface area (Å²) in [6.07, 6.45) is 6.12. The van der Waals surface area contributed by atoms with Gasteiger partial charge < -0.3 is 10.1 Å². The fourth-order valence-corrected chi connectivity index (χ4v) is 2.14. The van der Waals surface area contributed by atoms with Crippen LogP contribution in [-0.4, -0.2) is 12.6 Å². The van der Waals surface area contributed by atoms with Gasteiger partial charge in [-0.1, -0.05) is 49.6 Å². The Bertz CT molecular complexity index is 360. The standard InChI is InChI=1S/C15H21NO2/c17-15(16-11-5-10-13-8-4-9-13)18-12-14-6-2-1-3-7-14/h1-3,6-7,13H,4-5,8-12H2,(H,16,17). The van der Waals surface area contributed by atoms with Gasteiger partial charge in [-0.2, -0.15) is 0 Å². The molecule has 0 aromatic heterocycles. The second-order valence-electron chi connectivity index (χ2n) is 4.93. The van der Waals surface area contributed by atoms with E-state index in [1.54, 1.807) is 0 Å². The van der Waals surface area contributed by atoms with Crippen molar-refractivity contribution in [1.82, 2.24) is 5.32 Å². The van der Waals surface area contributed by atoms with Crippen molar-refractivity contribution in [1.29, 1.82) is 0 Å². The highest BCUT2D eigenvalue weighted by Crippen LogP contribution is 2.29. The third kappa shape index (κ3) is 4.40. The van der Waals surface area contributed by atoms with Crippen molar-refractivity contribution in [3.8, 4) is 0 Å². The van der Waals surface area contributed by atoms with E-state index in [0.29, 0.717) is 6.61 Å². The average Bonchev–Trinajstić information content (AvgIpc) is 2.35. The van der Waals surface area contributed by atoms with Gasteiger partial charge in [0.1, 0.15) is 6.61 Å². The predicted octanol–water partition coefficient (Wildman–Crippen LogP) is 3.49. The summed E-state index contributed by atoms with van der Waals surface area (Å²) < 4.78 is 5.13. The molecule has 3 nitrogen and oxygen atoms in total. The molecule has 98 valence electrons. The molecule has 0 radical (unpaired) electrons. The van der Waals surface area contributed by atoms with Crippen LogP contribution in [0.3, 0.4) is 0 Å². The third-order valence-corrected chi connectivity index (χ3v) is 3.50. The van der Waals surface area contributed by atoms with Crippen LogP contribution in [0.5, 0.6) is 0 Å². The zero-order valence-corrected chi connectivity index (χ0v) is 10.7. The van der Waals surface area contributed by atoms with Crippen molar-refractivity contribution in [3.05, 3.63) is 35.9 Å². The van der Waals surface area contributed by atoms with Gasteiger partial charge in [0.25, 0.3) is 0 Å². The van der Waals surface area contributed by atoms with E-state index in [2.05, 4.69) is 5.32 Å². The molecule has 0 bridgehead atoms. The van der Waals surface area contributed by atoms with Crippen LogP contribution in [0.1, 0.15) is 37.7 Å². The Hall–Kier alpha value is -1.51. The van der Waals surface area contributed by atoms with Crippen LogP contribution in [0.2, 0.25) is 0 Å². The Labute approximate surface area is 109 Å². The zero-order chi connectivity index (χ0) is 12.6. The maximum Gasteiger partial charge on any atom is 0.407 e. The number of benzene rings is 1. The maximum absolute atomic E-state index is 11.4. The van der Waals surface area contributed by atoms with Crippen LogP contribution in [0.25, 0.3) is 0 Å².